The van der Waals surface area contributed by atoms with Gasteiger partial charge < -0.3 is 11.1 Å². The lowest BCUT2D eigenvalue weighted by molar-refractivity contribution is -0.122. The van der Waals surface area contributed by atoms with Crippen LogP contribution in [0.2, 0.25) is 0 Å². The number of nitrogens with two attached hydrogens (primary N) is 1. The van der Waals surface area contributed by atoms with Crippen molar-refractivity contribution in [1.82, 2.24) is 5.32 Å². The number of carbonyl (C=O) groups excluding carboxylic acids is 1. The number of rotatable bonds is 6. The Hall–Kier alpha value is -0.570. The average Bonchev–Trinajstić information content (AvgIpc) is 2.10. The molecule has 0 aromatic rings. The monoisotopic (exact) mass is 228 g/mol. The van der Waals surface area contributed by atoms with Crippen LogP contribution in [0.5, 0.6) is 0 Å². The largest absolute Gasteiger partial charge is 0.356 e. The van der Waals surface area contributed by atoms with Crippen LogP contribution in [0.25, 0.3) is 0 Å². The average molecular weight is 228 g/mol. The topological polar surface area (TPSA) is 55.1 Å². The van der Waals surface area contributed by atoms with E-state index in [9.17, 15) is 4.79 Å². The van der Waals surface area contributed by atoms with E-state index in [0.29, 0.717) is 12.3 Å². The molecule has 1 amide bonds. The highest BCUT2D eigenvalue weighted by molar-refractivity contribution is 5.75. The smallest absolute Gasteiger partial charge is 0.220 e. The molecule has 0 saturated heterocycles. The predicted molar refractivity (Wildman–Crippen MR) is 69.1 cm³/mol. The minimum Gasteiger partial charge on any atom is -0.356 e. The van der Waals surface area contributed by atoms with Gasteiger partial charge in [0.15, 0.2) is 0 Å². The molecule has 0 radical (unpaired) electrons. The summed E-state index contributed by atoms with van der Waals surface area (Å²) >= 11 is 0. The third-order valence-corrected chi connectivity index (χ3v) is 3.30. The molecule has 0 aromatic carbocycles. The molecule has 0 atom stereocenters. The standard InChI is InChI=1S/C13H28N2O/c1-10(2)12(3,4)9-15-11(16)7-8-13(5,6)14/h10H,7-9,14H2,1-6H3,(H,15,16). The van der Waals surface area contributed by atoms with Crippen molar-refractivity contribution in [1.29, 1.82) is 0 Å². The van der Waals surface area contributed by atoms with E-state index in [1.165, 1.54) is 0 Å². The Balaban J connectivity index is 3.91. The van der Waals surface area contributed by atoms with Crippen molar-refractivity contribution in [2.24, 2.45) is 17.1 Å². The molecule has 3 nitrogen and oxygen atoms in total. The summed E-state index contributed by atoms with van der Waals surface area (Å²) in [4.78, 5) is 11.6. The van der Waals surface area contributed by atoms with Crippen molar-refractivity contribution >= 4 is 5.91 Å². The molecule has 0 spiro atoms. The van der Waals surface area contributed by atoms with Crippen molar-refractivity contribution in [3.05, 3.63) is 0 Å². The molecule has 0 unspecified atom stereocenters. The van der Waals surface area contributed by atoms with Gasteiger partial charge in [0.05, 0.1) is 0 Å². The Morgan fingerprint density at radius 3 is 2.12 bits per heavy atom. The maximum absolute atomic E-state index is 11.6. The molecule has 0 aliphatic carbocycles. The fourth-order valence-corrected chi connectivity index (χ4v) is 1.05. The van der Waals surface area contributed by atoms with Gasteiger partial charge in [-0.3, -0.25) is 4.79 Å². The molecule has 0 heterocycles. The summed E-state index contributed by atoms with van der Waals surface area (Å²) in [5.74, 6) is 0.658. The van der Waals surface area contributed by atoms with E-state index in [1.54, 1.807) is 0 Å². The van der Waals surface area contributed by atoms with Gasteiger partial charge in [0.2, 0.25) is 5.91 Å². The third kappa shape index (κ3) is 6.83. The first-order chi connectivity index (χ1) is 7.04. The normalized spacial score (nSPS) is 13.0. The zero-order chi connectivity index (χ0) is 13.0. The van der Waals surface area contributed by atoms with Gasteiger partial charge in [0, 0.05) is 18.5 Å². The molecular formula is C13H28N2O. The maximum Gasteiger partial charge on any atom is 0.220 e. The summed E-state index contributed by atoms with van der Waals surface area (Å²) in [6.45, 7) is 13.3. The zero-order valence-corrected chi connectivity index (χ0v) is 11.7. The lowest BCUT2D eigenvalue weighted by Gasteiger charge is -2.29. The summed E-state index contributed by atoms with van der Waals surface area (Å²) in [5.41, 5.74) is 5.72. The van der Waals surface area contributed by atoms with Crippen LogP contribution in [-0.2, 0) is 4.79 Å². The SMILES string of the molecule is CC(C)C(C)(C)CNC(=O)CCC(C)(C)N. The van der Waals surface area contributed by atoms with Crippen molar-refractivity contribution < 1.29 is 4.79 Å². The first-order valence-corrected chi connectivity index (χ1v) is 6.10. The molecule has 96 valence electrons. The van der Waals surface area contributed by atoms with E-state index in [4.69, 9.17) is 5.73 Å². The molecular weight excluding hydrogens is 200 g/mol. The van der Waals surface area contributed by atoms with Crippen LogP contribution in [0.15, 0.2) is 0 Å². The second-order valence-corrected chi connectivity index (χ2v) is 6.41. The van der Waals surface area contributed by atoms with Gasteiger partial charge in [-0.1, -0.05) is 27.7 Å². The Bertz CT molecular complexity index is 227. The summed E-state index contributed by atoms with van der Waals surface area (Å²) < 4.78 is 0. The summed E-state index contributed by atoms with van der Waals surface area (Å²) in [7, 11) is 0. The lowest BCUT2D eigenvalue weighted by atomic mass is 9.81. The van der Waals surface area contributed by atoms with Crippen molar-refractivity contribution in [2.45, 2.75) is 59.9 Å². The van der Waals surface area contributed by atoms with Crippen LogP contribution >= 0.6 is 0 Å². The van der Waals surface area contributed by atoms with E-state index in [-0.39, 0.29) is 16.9 Å². The van der Waals surface area contributed by atoms with Crippen LogP contribution < -0.4 is 11.1 Å². The van der Waals surface area contributed by atoms with E-state index in [2.05, 4.69) is 33.0 Å². The van der Waals surface area contributed by atoms with Gasteiger partial charge in [0.1, 0.15) is 0 Å². The summed E-state index contributed by atoms with van der Waals surface area (Å²) in [6.07, 6.45) is 1.23. The number of carbonyl (C=O) groups is 1. The van der Waals surface area contributed by atoms with E-state index in [0.717, 1.165) is 13.0 Å². The molecule has 0 saturated carbocycles. The van der Waals surface area contributed by atoms with E-state index >= 15 is 0 Å². The summed E-state index contributed by atoms with van der Waals surface area (Å²) in [6, 6.07) is 0. The zero-order valence-electron chi connectivity index (χ0n) is 11.7. The molecule has 0 aliphatic heterocycles. The first-order valence-electron chi connectivity index (χ1n) is 6.10. The van der Waals surface area contributed by atoms with E-state index < -0.39 is 0 Å². The van der Waals surface area contributed by atoms with Crippen LogP contribution in [0.1, 0.15) is 54.4 Å². The molecule has 3 heteroatoms. The first kappa shape index (κ1) is 15.4. The van der Waals surface area contributed by atoms with Gasteiger partial charge in [-0.05, 0) is 31.6 Å². The second-order valence-electron chi connectivity index (χ2n) is 6.41. The molecule has 3 N–H and O–H groups in total. The van der Waals surface area contributed by atoms with Crippen molar-refractivity contribution in [3.8, 4) is 0 Å². The van der Waals surface area contributed by atoms with Gasteiger partial charge in [-0.15, -0.1) is 0 Å². The van der Waals surface area contributed by atoms with Crippen LogP contribution in [0.4, 0.5) is 0 Å². The second kappa shape index (κ2) is 5.67. The Morgan fingerprint density at radius 1 is 1.25 bits per heavy atom. The maximum atomic E-state index is 11.6. The highest BCUT2D eigenvalue weighted by atomic mass is 16.1. The molecule has 0 fully saturated rings. The molecule has 0 aliphatic rings. The lowest BCUT2D eigenvalue weighted by Crippen LogP contribution is -2.39. The number of hydrogen-bond acceptors (Lipinski definition) is 2. The minimum atomic E-state index is -0.259. The van der Waals surface area contributed by atoms with Crippen LogP contribution in [0.3, 0.4) is 0 Å². The van der Waals surface area contributed by atoms with Gasteiger partial charge in [0.25, 0.3) is 0 Å². The summed E-state index contributed by atoms with van der Waals surface area (Å²) in [5, 5.41) is 2.98. The number of nitrogens with one attached hydrogen (secondary N) is 1. The van der Waals surface area contributed by atoms with Crippen LogP contribution in [0, 0.1) is 11.3 Å². The van der Waals surface area contributed by atoms with Gasteiger partial charge in [-0.2, -0.15) is 0 Å². The van der Waals surface area contributed by atoms with Gasteiger partial charge >= 0.3 is 0 Å². The predicted octanol–water partition coefficient (Wildman–Crippen LogP) is 2.30. The third-order valence-electron chi connectivity index (χ3n) is 3.30. The highest BCUT2D eigenvalue weighted by Gasteiger charge is 2.23. The van der Waals surface area contributed by atoms with Crippen molar-refractivity contribution in [2.75, 3.05) is 6.54 Å². The van der Waals surface area contributed by atoms with Crippen molar-refractivity contribution in [3.63, 3.8) is 0 Å². The molecule has 16 heavy (non-hydrogen) atoms. The Morgan fingerprint density at radius 2 is 1.75 bits per heavy atom. The van der Waals surface area contributed by atoms with Gasteiger partial charge in [-0.25, -0.2) is 0 Å². The van der Waals surface area contributed by atoms with E-state index in [1.807, 2.05) is 13.8 Å². The minimum absolute atomic E-state index is 0.104. The highest BCUT2D eigenvalue weighted by Crippen LogP contribution is 2.24. The Labute approximate surface area is 100 Å². The molecule has 0 aromatic heterocycles. The van der Waals surface area contributed by atoms with Crippen LogP contribution in [-0.4, -0.2) is 18.0 Å². The molecule has 0 rings (SSSR count). The fraction of sp³-hybridized carbons (Fsp3) is 0.923. The fourth-order valence-electron chi connectivity index (χ4n) is 1.05. The Kier molecular flexibility index (Phi) is 5.47. The quantitative estimate of drug-likeness (QED) is 0.733. The number of hydrogen-bond donors (Lipinski definition) is 2. The molecule has 0 bridgehead atoms. The number of amides is 1.